The zero-order chi connectivity index (χ0) is 23.8. The second-order valence-electron chi connectivity index (χ2n) is 8.53. The molecule has 7 heteroatoms. The van der Waals surface area contributed by atoms with Crippen LogP contribution in [0.3, 0.4) is 0 Å². The van der Waals surface area contributed by atoms with Gasteiger partial charge in [0.05, 0.1) is 0 Å². The Morgan fingerprint density at radius 3 is 2.40 bits per heavy atom. The van der Waals surface area contributed by atoms with Crippen molar-refractivity contribution in [1.29, 1.82) is 0 Å². The lowest BCUT2D eigenvalue weighted by Gasteiger charge is -2.12. The van der Waals surface area contributed by atoms with Crippen LogP contribution in [0.25, 0.3) is 44.5 Å². The number of imidazole rings is 1. The topological polar surface area (TPSA) is 74.6 Å². The summed E-state index contributed by atoms with van der Waals surface area (Å²) in [6.45, 7) is 2.77. The molecule has 6 aromatic rings. The van der Waals surface area contributed by atoms with Crippen LogP contribution in [-0.2, 0) is 0 Å². The number of nitrogens with zero attached hydrogens (tertiary/aromatic N) is 5. The van der Waals surface area contributed by atoms with Crippen LogP contribution < -0.4 is 5.73 Å². The molecule has 0 saturated heterocycles. The first kappa shape index (κ1) is 21.5. The fourth-order valence-corrected chi connectivity index (χ4v) is 4.87. The highest BCUT2D eigenvalue weighted by Crippen LogP contribution is 2.30. The molecule has 0 fully saturated rings. The maximum absolute atomic E-state index is 5.86. The minimum Gasteiger partial charge on any atom is -0.330 e. The smallest absolute Gasteiger partial charge is 0.145 e. The van der Waals surface area contributed by atoms with Gasteiger partial charge >= 0.3 is 0 Å². The lowest BCUT2D eigenvalue weighted by Crippen LogP contribution is -2.08. The van der Waals surface area contributed by atoms with Gasteiger partial charge in [0.25, 0.3) is 0 Å². The molecule has 6 nitrogen and oxygen atoms in total. The standard InChI is InChI=1S/C28H24N6S/c1-19(17-29)20-4-8-24(9-5-20)34-18-25(28-31-14-16-35-28)32-27(34)22-6-10-23(11-7-22)33-15-12-21-3-2-13-30-26(21)33/h2-16,18-19H,17,29H2,1H3. The Hall–Kier alpha value is -4.07. The fourth-order valence-electron chi connectivity index (χ4n) is 4.28. The van der Waals surface area contributed by atoms with Crippen LogP contribution in [0, 0.1) is 0 Å². The van der Waals surface area contributed by atoms with E-state index in [1.54, 1.807) is 11.3 Å². The molecule has 4 aromatic heterocycles. The van der Waals surface area contributed by atoms with Gasteiger partial charge in [-0.25, -0.2) is 15.0 Å². The lowest BCUT2D eigenvalue weighted by molar-refractivity contribution is 0.773. The van der Waals surface area contributed by atoms with Gasteiger partial charge in [-0.15, -0.1) is 11.3 Å². The molecule has 172 valence electrons. The van der Waals surface area contributed by atoms with Crippen LogP contribution in [0.1, 0.15) is 18.4 Å². The monoisotopic (exact) mass is 476 g/mol. The van der Waals surface area contributed by atoms with Crippen molar-refractivity contribution in [3.05, 3.63) is 102 Å². The highest BCUT2D eigenvalue weighted by molar-refractivity contribution is 7.13. The number of benzene rings is 2. The lowest BCUT2D eigenvalue weighted by atomic mass is 10.0. The summed E-state index contributed by atoms with van der Waals surface area (Å²) in [5.41, 5.74) is 12.0. The first-order valence-corrected chi connectivity index (χ1v) is 12.4. The zero-order valence-corrected chi connectivity index (χ0v) is 20.1. The van der Waals surface area contributed by atoms with E-state index in [4.69, 9.17) is 10.7 Å². The van der Waals surface area contributed by atoms with Crippen LogP contribution >= 0.6 is 11.3 Å². The van der Waals surface area contributed by atoms with Crippen LogP contribution in [0.15, 0.2) is 96.9 Å². The summed E-state index contributed by atoms with van der Waals surface area (Å²) in [6.07, 6.45) is 7.75. The van der Waals surface area contributed by atoms with Gasteiger partial charge in [0.1, 0.15) is 22.2 Å². The van der Waals surface area contributed by atoms with Crippen molar-refractivity contribution in [2.24, 2.45) is 5.73 Å². The molecule has 0 bridgehead atoms. The van der Waals surface area contributed by atoms with E-state index in [0.29, 0.717) is 12.5 Å². The van der Waals surface area contributed by atoms with E-state index in [2.05, 4.69) is 99.1 Å². The normalized spacial score (nSPS) is 12.3. The molecule has 2 aromatic carbocycles. The summed E-state index contributed by atoms with van der Waals surface area (Å²) in [6, 6.07) is 23.1. The molecule has 2 N–H and O–H groups in total. The Morgan fingerprint density at radius 2 is 1.66 bits per heavy atom. The van der Waals surface area contributed by atoms with Gasteiger partial charge in [-0.1, -0.05) is 19.1 Å². The minimum absolute atomic E-state index is 0.323. The summed E-state index contributed by atoms with van der Waals surface area (Å²) in [5.74, 6) is 1.20. The zero-order valence-electron chi connectivity index (χ0n) is 19.2. The van der Waals surface area contributed by atoms with Gasteiger partial charge in [0.2, 0.25) is 0 Å². The highest BCUT2D eigenvalue weighted by Gasteiger charge is 2.15. The Labute approximate surface area is 207 Å². The maximum atomic E-state index is 5.86. The molecular formula is C28H24N6S. The van der Waals surface area contributed by atoms with Crippen molar-refractivity contribution in [1.82, 2.24) is 24.1 Å². The van der Waals surface area contributed by atoms with Gasteiger partial charge in [-0.3, -0.25) is 4.57 Å². The molecule has 35 heavy (non-hydrogen) atoms. The number of nitrogens with two attached hydrogens (primary N) is 1. The molecule has 0 amide bonds. The van der Waals surface area contributed by atoms with E-state index in [-0.39, 0.29) is 0 Å². The highest BCUT2D eigenvalue weighted by atomic mass is 32.1. The number of aromatic nitrogens is 5. The predicted molar refractivity (Wildman–Crippen MR) is 142 cm³/mol. The summed E-state index contributed by atoms with van der Waals surface area (Å²) >= 11 is 1.59. The van der Waals surface area contributed by atoms with Crippen LogP contribution in [-0.4, -0.2) is 30.6 Å². The number of fused-ring (bicyclic) bond motifs is 1. The van der Waals surface area contributed by atoms with E-state index < -0.39 is 0 Å². The number of hydrogen-bond acceptors (Lipinski definition) is 5. The summed E-state index contributed by atoms with van der Waals surface area (Å²) in [4.78, 5) is 14.0. The summed E-state index contributed by atoms with van der Waals surface area (Å²) in [5, 5.41) is 3.99. The number of rotatable bonds is 6. The fraction of sp³-hybridized carbons (Fsp3) is 0.107. The Morgan fingerprint density at radius 1 is 0.886 bits per heavy atom. The Bertz CT molecular complexity index is 1580. The second kappa shape index (κ2) is 8.94. The van der Waals surface area contributed by atoms with Gasteiger partial charge in [0, 0.05) is 52.5 Å². The quantitative estimate of drug-likeness (QED) is 0.317. The average Bonchev–Trinajstić information content (AvgIpc) is 3.68. The number of thiazole rings is 1. The van der Waals surface area contributed by atoms with Crippen molar-refractivity contribution < 1.29 is 0 Å². The number of hydrogen-bond donors (Lipinski definition) is 1. The molecule has 0 aliphatic rings. The molecule has 1 atom stereocenters. The minimum atomic E-state index is 0.323. The molecule has 4 heterocycles. The predicted octanol–water partition coefficient (Wildman–Crippen LogP) is 6.06. The van der Waals surface area contributed by atoms with Gasteiger partial charge in [-0.2, -0.15) is 0 Å². The van der Waals surface area contributed by atoms with Crippen LogP contribution in [0.2, 0.25) is 0 Å². The summed E-state index contributed by atoms with van der Waals surface area (Å²) in [7, 11) is 0. The van der Waals surface area contributed by atoms with E-state index >= 15 is 0 Å². The number of pyridine rings is 1. The van der Waals surface area contributed by atoms with Crippen molar-refractivity contribution >= 4 is 22.4 Å². The molecule has 0 radical (unpaired) electrons. The van der Waals surface area contributed by atoms with Gasteiger partial charge < -0.3 is 10.3 Å². The summed E-state index contributed by atoms with van der Waals surface area (Å²) < 4.78 is 4.24. The van der Waals surface area contributed by atoms with Gasteiger partial charge in [-0.05, 0) is 72.6 Å². The van der Waals surface area contributed by atoms with Crippen molar-refractivity contribution in [2.45, 2.75) is 12.8 Å². The van der Waals surface area contributed by atoms with E-state index in [1.165, 1.54) is 5.56 Å². The molecule has 0 aliphatic heterocycles. The van der Waals surface area contributed by atoms with Crippen LogP contribution in [0.4, 0.5) is 0 Å². The van der Waals surface area contributed by atoms with Crippen molar-refractivity contribution in [2.75, 3.05) is 6.54 Å². The average molecular weight is 477 g/mol. The molecule has 1 unspecified atom stereocenters. The van der Waals surface area contributed by atoms with E-state index in [1.807, 2.05) is 23.8 Å². The van der Waals surface area contributed by atoms with Crippen molar-refractivity contribution in [3.8, 4) is 33.5 Å². The second-order valence-corrected chi connectivity index (χ2v) is 9.43. The third-order valence-corrected chi connectivity index (χ3v) is 7.10. The SMILES string of the molecule is CC(CN)c1ccc(-n2cc(-c3nccs3)nc2-c2ccc(-n3ccc4cccnc43)cc2)cc1. The first-order chi connectivity index (χ1) is 17.2. The maximum Gasteiger partial charge on any atom is 0.145 e. The molecular weight excluding hydrogens is 452 g/mol. The van der Waals surface area contributed by atoms with Gasteiger partial charge in [0.15, 0.2) is 0 Å². The third-order valence-electron chi connectivity index (χ3n) is 6.30. The molecule has 0 aliphatic carbocycles. The Kier molecular flexibility index (Phi) is 5.48. The van der Waals surface area contributed by atoms with E-state index in [9.17, 15) is 0 Å². The van der Waals surface area contributed by atoms with E-state index in [0.717, 1.165) is 44.5 Å². The largest absolute Gasteiger partial charge is 0.330 e. The molecule has 6 rings (SSSR count). The molecule has 0 saturated carbocycles. The Balaban J connectivity index is 1.42. The third kappa shape index (κ3) is 3.95. The van der Waals surface area contributed by atoms with Crippen molar-refractivity contribution in [3.63, 3.8) is 0 Å². The first-order valence-electron chi connectivity index (χ1n) is 11.5. The van der Waals surface area contributed by atoms with Crippen LogP contribution in [0.5, 0.6) is 0 Å². The molecule has 0 spiro atoms.